The molecule has 0 saturated carbocycles. The Morgan fingerprint density at radius 1 is 1.14 bits per heavy atom. The van der Waals surface area contributed by atoms with Crippen molar-refractivity contribution >= 4 is 24.2 Å². The van der Waals surface area contributed by atoms with E-state index in [-0.39, 0.29) is 0 Å². The van der Waals surface area contributed by atoms with Gasteiger partial charge in [0.2, 0.25) is 0 Å². The summed E-state index contributed by atoms with van der Waals surface area (Å²) in [6.45, 7) is 0. The minimum absolute atomic E-state index is 0.630. The van der Waals surface area contributed by atoms with Crippen LogP contribution in [-0.2, 0) is 0 Å². The molecule has 70 valence electrons. The highest BCUT2D eigenvalue weighted by Gasteiger charge is 2.05. The lowest BCUT2D eigenvalue weighted by Gasteiger charge is -2.04. The quantitative estimate of drug-likeness (QED) is 0.751. The molecule has 1 heterocycles. The van der Waals surface area contributed by atoms with Crippen LogP contribution in [0.2, 0.25) is 5.02 Å². The minimum Gasteiger partial charge on any atom is -0.244 e. The molecule has 2 rings (SSSR count). The average molecular weight is 223 g/mol. The molecule has 0 spiro atoms. The van der Waals surface area contributed by atoms with Crippen molar-refractivity contribution in [1.29, 1.82) is 0 Å². The van der Waals surface area contributed by atoms with Gasteiger partial charge in [-0.25, -0.2) is 9.97 Å². The van der Waals surface area contributed by atoms with Gasteiger partial charge in [0.05, 0.1) is 5.02 Å². The first kappa shape index (κ1) is 9.49. The van der Waals surface area contributed by atoms with Crippen molar-refractivity contribution in [3.63, 3.8) is 0 Å². The van der Waals surface area contributed by atoms with Crippen LogP contribution < -0.4 is 0 Å². The molecule has 4 heteroatoms. The van der Waals surface area contributed by atoms with Gasteiger partial charge in [0.1, 0.15) is 6.33 Å². The van der Waals surface area contributed by atoms with Gasteiger partial charge in [-0.1, -0.05) is 23.7 Å². The van der Waals surface area contributed by atoms with Crippen molar-refractivity contribution < 1.29 is 0 Å². The molecule has 0 bridgehead atoms. The van der Waals surface area contributed by atoms with E-state index in [4.69, 9.17) is 11.6 Å². The first-order chi connectivity index (χ1) is 6.79. The van der Waals surface area contributed by atoms with Crippen LogP contribution in [0.3, 0.4) is 0 Å². The molecule has 1 aromatic carbocycles. The van der Waals surface area contributed by atoms with E-state index in [0.717, 1.165) is 16.0 Å². The lowest BCUT2D eigenvalue weighted by atomic mass is 10.1. The summed E-state index contributed by atoms with van der Waals surface area (Å²) in [6.07, 6.45) is 4.94. The number of hydrogen-bond donors (Lipinski definition) is 1. The highest BCUT2D eigenvalue weighted by molar-refractivity contribution is 7.80. The zero-order valence-electron chi connectivity index (χ0n) is 7.18. The summed E-state index contributed by atoms with van der Waals surface area (Å²) in [5.41, 5.74) is 1.80. The Hall–Kier alpha value is -1.06. The van der Waals surface area contributed by atoms with E-state index >= 15 is 0 Å². The molecule has 0 N–H and O–H groups in total. The third-order valence-corrected chi connectivity index (χ3v) is 2.76. The van der Waals surface area contributed by atoms with Gasteiger partial charge >= 0.3 is 0 Å². The molecule has 0 unspecified atom stereocenters. The van der Waals surface area contributed by atoms with Crippen LogP contribution in [-0.4, -0.2) is 9.97 Å². The standard InChI is InChI=1S/C10H7ClN2S/c11-10-8(2-1-3-9(10)14)7-4-12-6-13-5-7/h1-6,14H. The predicted octanol–water partition coefficient (Wildman–Crippen LogP) is 3.09. The van der Waals surface area contributed by atoms with Crippen LogP contribution in [0.25, 0.3) is 11.1 Å². The number of benzene rings is 1. The lowest BCUT2D eigenvalue weighted by molar-refractivity contribution is 1.17. The molecule has 0 saturated heterocycles. The molecule has 0 aliphatic heterocycles. The molecule has 0 fully saturated rings. The first-order valence-corrected chi connectivity index (χ1v) is 4.84. The van der Waals surface area contributed by atoms with Crippen molar-refractivity contribution in [1.82, 2.24) is 9.97 Å². The number of aromatic nitrogens is 2. The molecule has 0 aliphatic carbocycles. The van der Waals surface area contributed by atoms with Crippen molar-refractivity contribution in [2.45, 2.75) is 4.90 Å². The van der Waals surface area contributed by atoms with E-state index < -0.39 is 0 Å². The topological polar surface area (TPSA) is 25.8 Å². The lowest BCUT2D eigenvalue weighted by Crippen LogP contribution is -1.83. The summed E-state index contributed by atoms with van der Waals surface area (Å²) in [4.78, 5) is 8.63. The van der Waals surface area contributed by atoms with E-state index in [9.17, 15) is 0 Å². The second kappa shape index (κ2) is 3.98. The fourth-order valence-electron chi connectivity index (χ4n) is 1.18. The molecule has 2 aromatic rings. The maximum atomic E-state index is 6.10. The highest BCUT2D eigenvalue weighted by Crippen LogP contribution is 2.31. The van der Waals surface area contributed by atoms with E-state index in [1.165, 1.54) is 6.33 Å². The number of hydrogen-bond acceptors (Lipinski definition) is 3. The van der Waals surface area contributed by atoms with Gasteiger partial charge in [-0.2, -0.15) is 0 Å². The normalized spacial score (nSPS) is 10.1. The van der Waals surface area contributed by atoms with Crippen molar-refractivity contribution in [2.75, 3.05) is 0 Å². The summed E-state index contributed by atoms with van der Waals surface area (Å²) in [6, 6.07) is 5.66. The molecule has 0 radical (unpaired) electrons. The third kappa shape index (κ3) is 1.74. The Bertz CT molecular complexity index is 445. The number of nitrogens with zero attached hydrogens (tertiary/aromatic N) is 2. The molecule has 0 amide bonds. The van der Waals surface area contributed by atoms with Gasteiger partial charge in [0, 0.05) is 28.4 Å². The van der Waals surface area contributed by atoms with Crippen LogP contribution in [0, 0.1) is 0 Å². The summed E-state index contributed by atoms with van der Waals surface area (Å²) in [7, 11) is 0. The van der Waals surface area contributed by atoms with Gasteiger partial charge in [0.15, 0.2) is 0 Å². The zero-order valence-corrected chi connectivity index (χ0v) is 8.83. The van der Waals surface area contributed by atoms with Crippen molar-refractivity contribution in [3.8, 4) is 11.1 Å². The molecule has 1 aromatic heterocycles. The summed E-state index contributed by atoms with van der Waals surface area (Å²) in [5, 5.41) is 0.630. The second-order valence-electron chi connectivity index (χ2n) is 2.77. The average Bonchev–Trinajstić information content (AvgIpc) is 2.23. The Balaban J connectivity index is 2.58. The van der Waals surface area contributed by atoms with Crippen LogP contribution in [0.4, 0.5) is 0 Å². The fraction of sp³-hybridized carbons (Fsp3) is 0. The molecule has 0 atom stereocenters. The molecule has 14 heavy (non-hydrogen) atoms. The van der Waals surface area contributed by atoms with E-state index in [0.29, 0.717) is 5.02 Å². The largest absolute Gasteiger partial charge is 0.244 e. The summed E-state index contributed by atoms with van der Waals surface area (Å²) in [5.74, 6) is 0. The van der Waals surface area contributed by atoms with Crippen LogP contribution in [0.5, 0.6) is 0 Å². The Morgan fingerprint density at radius 3 is 2.57 bits per heavy atom. The minimum atomic E-state index is 0.630. The van der Waals surface area contributed by atoms with Gasteiger partial charge < -0.3 is 0 Å². The first-order valence-electron chi connectivity index (χ1n) is 4.02. The highest BCUT2D eigenvalue weighted by atomic mass is 35.5. The maximum Gasteiger partial charge on any atom is 0.115 e. The smallest absolute Gasteiger partial charge is 0.115 e. The number of rotatable bonds is 1. The summed E-state index contributed by atoms with van der Waals surface area (Å²) >= 11 is 10.3. The van der Waals surface area contributed by atoms with Gasteiger partial charge in [0.25, 0.3) is 0 Å². The van der Waals surface area contributed by atoms with Crippen LogP contribution >= 0.6 is 24.2 Å². The van der Waals surface area contributed by atoms with Gasteiger partial charge in [-0.05, 0) is 6.07 Å². The van der Waals surface area contributed by atoms with Gasteiger partial charge in [-0.15, -0.1) is 12.6 Å². The number of halogens is 1. The van der Waals surface area contributed by atoms with Crippen LogP contribution in [0.15, 0.2) is 41.8 Å². The number of thiol groups is 1. The summed E-state index contributed by atoms with van der Waals surface area (Å²) < 4.78 is 0. The predicted molar refractivity (Wildman–Crippen MR) is 59.7 cm³/mol. The van der Waals surface area contributed by atoms with E-state index in [1.807, 2.05) is 18.2 Å². The van der Waals surface area contributed by atoms with E-state index in [1.54, 1.807) is 12.4 Å². The second-order valence-corrected chi connectivity index (χ2v) is 3.63. The third-order valence-electron chi connectivity index (χ3n) is 1.85. The SMILES string of the molecule is Sc1cccc(-c2cncnc2)c1Cl. The van der Waals surface area contributed by atoms with Crippen molar-refractivity contribution in [3.05, 3.63) is 41.9 Å². The van der Waals surface area contributed by atoms with Crippen LogP contribution in [0.1, 0.15) is 0 Å². The Morgan fingerprint density at radius 2 is 1.86 bits per heavy atom. The fourth-order valence-corrected chi connectivity index (χ4v) is 1.62. The van der Waals surface area contributed by atoms with Crippen molar-refractivity contribution in [2.24, 2.45) is 0 Å². The van der Waals surface area contributed by atoms with E-state index in [2.05, 4.69) is 22.6 Å². The Labute approximate surface area is 92.4 Å². The molecular weight excluding hydrogens is 216 g/mol. The molecule has 2 nitrogen and oxygen atoms in total. The molecule has 0 aliphatic rings. The zero-order chi connectivity index (χ0) is 9.97. The Kier molecular flexibility index (Phi) is 2.70. The molecular formula is C10H7ClN2S. The maximum absolute atomic E-state index is 6.10. The van der Waals surface area contributed by atoms with Gasteiger partial charge in [-0.3, -0.25) is 0 Å². The monoisotopic (exact) mass is 222 g/mol.